The van der Waals surface area contributed by atoms with Gasteiger partial charge in [0.1, 0.15) is 0 Å². The number of allylic oxidation sites excluding steroid dienone is 4. The maximum absolute atomic E-state index is 4.09. The molecule has 1 aromatic rings. The molecule has 1 nitrogen and oxygen atoms in total. The van der Waals surface area contributed by atoms with Crippen LogP contribution in [0.4, 0.5) is 5.69 Å². The largest absolute Gasteiger partial charge is 0.315 e. The second kappa shape index (κ2) is 5.96. The first kappa shape index (κ1) is 12.3. The van der Waals surface area contributed by atoms with Crippen molar-refractivity contribution in [1.82, 2.24) is 0 Å². The first-order chi connectivity index (χ1) is 7.70. The van der Waals surface area contributed by atoms with Gasteiger partial charge in [0.25, 0.3) is 0 Å². The van der Waals surface area contributed by atoms with Gasteiger partial charge in [0.05, 0.1) is 0 Å². The highest BCUT2D eigenvalue weighted by Crippen LogP contribution is 2.23. The Morgan fingerprint density at radius 1 is 1.19 bits per heavy atom. The van der Waals surface area contributed by atoms with Crippen LogP contribution in [0.1, 0.15) is 20.8 Å². The van der Waals surface area contributed by atoms with Gasteiger partial charge in [-0.2, -0.15) is 0 Å². The van der Waals surface area contributed by atoms with Crippen LogP contribution in [0.3, 0.4) is 0 Å². The van der Waals surface area contributed by atoms with Crippen LogP contribution in [0.5, 0.6) is 0 Å². The summed E-state index contributed by atoms with van der Waals surface area (Å²) < 4.78 is 0. The lowest BCUT2D eigenvalue weighted by molar-refractivity contribution is 1.10. The average molecular weight is 213 g/mol. The molecule has 0 aromatic heterocycles. The number of hydrogen-bond acceptors (Lipinski definition) is 1. The predicted octanol–water partition coefficient (Wildman–Crippen LogP) is 4.51. The third-order valence-electron chi connectivity index (χ3n) is 2.43. The monoisotopic (exact) mass is 213 g/mol. The molecule has 0 aliphatic rings. The fraction of sp³-hybridized carbons (Fsp3) is 0.200. The molecular formula is C15H19N. The summed E-state index contributed by atoms with van der Waals surface area (Å²) in [5.41, 5.74) is 3.29. The molecule has 0 spiro atoms. The van der Waals surface area contributed by atoms with Crippen LogP contribution in [0.2, 0.25) is 0 Å². The zero-order valence-corrected chi connectivity index (χ0v) is 10.3. The highest BCUT2D eigenvalue weighted by Gasteiger charge is 2.08. The van der Waals surface area contributed by atoms with Gasteiger partial charge in [-0.1, -0.05) is 36.9 Å². The molecule has 0 saturated carbocycles. The van der Waals surface area contributed by atoms with E-state index in [1.807, 2.05) is 44.2 Å². The summed E-state index contributed by atoms with van der Waals surface area (Å²) in [6, 6.07) is 10.3. The number of rotatable bonds is 4. The summed E-state index contributed by atoms with van der Waals surface area (Å²) in [5.74, 6) is 0. The van der Waals surface area contributed by atoms with Crippen molar-refractivity contribution in [1.29, 1.82) is 0 Å². The lowest BCUT2D eigenvalue weighted by Crippen LogP contribution is -2.18. The minimum absolute atomic E-state index is 0.976. The van der Waals surface area contributed by atoms with Crippen molar-refractivity contribution in [2.24, 2.45) is 0 Å². The molecule has 84 valence electrons. The van der Waals surface area contributed by atoms with Gasteiger partial charge in [-0.3, -0.25) is 0 Å². The van der Waals surface area contributed by atoms with E-state index in [1.165, 1.54) is 5.70 Å². The van der Waals surface area contributed by atoms with Crippen LogP contribution >= 0.6 is 0 Å². The van der Waals surface area contributed by atoms with Gasteiger partial charge in [-0.05, 0) is 39.0 Å². The number of nitrogens with zero attached hydrogens (tertiary/aromatic N) is 1. The Balaban J connectivity index is 3.12. The number of benzene rings is 1. The lowest BCUT2D eigenvalue weighted by Gasteiger charge is -2.25. The number of hydrogen-bond donors (Lipinski definition) is 0. The third-order valence-corrected chi connectivity index (χ3v) is 2.43. The highest BCUT2D eigenvalue weighted by molar-refractivity contribution is 5.59. The van der Waals surface area contributed by atoms with Gasteiger partial charge in [-0.25, -0.2) is 0 Å². The quantitative estimate of drug-likeness (QED) is 0.665. The van der Waals surface area contributed by atoms with Crippen molar-refractivity contribution in [3.8, 4) is 0 Å². The third kappa shape index (κ3) is 2.86. The SMILES string of the molecule is C=C(/C=C\C)N(/C(C)=C/C)c1ccccc1. The van der Waals surface area contributed by atoms with Crippen LogP contribution in [0.25, 0.3) is 0 Å². The Morgan fingerprint density at radius 2 is 1.81 bits per heavy atom. The molecule has 0 fully saturated rings. The maximum Gasteiger partial charge on any atom is 0.0457 e. The standard InChI is InChI=1S/C15H19N/c1-5-10-14(4)16(13(3)6-2)15-11-8-7-9-12-15/h5-12H,4H2,1-3H3/b10-5-,13-6+. The molecule has 0 N–H and O–H groups in total. The Labute approximate surface area is 98.4 Å². The van der Waals surface area contributed by atoms with E-state index in [2.05, 4.69) is 36.6 Å². The molecule has 0 aliphatic heterocycles. The molecule has 16 heavy (non-hydrogen) atoms. The Morgan fingerprint density at radius 3 is 2.31 bits per heavy atom. The zero-order chi connectivity index (χ0) is 12.0. The summed E-state index contributed by atoms with van der Waals surface area (Å²) in [5, 5.41) is 0. The summed E-state index contributed by atoms with van der Waals surface area (Å²) in [7, 11) is 0. The van der Waals surface area contributed by atoms with Gasteiger partial charge in [-0.15, -0.1) is 0 Å². The molecule has 0 radical (unpaired) electrons. The molecule has 0 bridgehead atoms. The van der Waals surface area contributed by atoms with Gasteiger partial charge >= 0.3 is 0 Å². The molecule has 0 aliphatic carbocycles. The van der Waals surface area contributed by atoms with Crippen molar-refractivity contribution in [3.63, 3.8) is 0 Å². The molecule has 0 unspecified atom stereocenters. The van der Waals surface area contributed by atoms with Crippen molar-refractivity contribution in [2.45, 2.75) is 20.8 Å². The number of para-hydroxylation sites is 1. The van der Waals surface area contributed by atoms with E-state index >= 15 is 0 Å². The van der Waals surface area contributed by atoms with Crippen molar-refractivity contribution < 1.29 is 0 Å². The molecule has 0 amide bonds. The minimum atomic E-state index is 0.976. The van der Waals surface area contributed by atoms with Gasteiger partial charge in [0.2, 0.25) is 0 Å². The second-order valence-electron chi connectivity index (χ2n) is 3.59. The lowest BCUT2D eigenvalue weighted by atomic mass is 10.2. The smallest absolute Gasteiger partial charge is 0.0457 e. The van der Waals surface area contributed by atoms with Gasteiger partial charge in [0.15, 0.2) is 0 Å². The van der Waals surface area contributed by atoms with Crippen LogP contribution < -0.4 is 4.90 Å². The Hall–Kier alpha value is -1.76. The van der Waals surface area contributed by atoms with E-state index in [0.717, 1.165) is 11.4 Å². The van der Waals surface area contributed by atoms with Crippen molar-refractivity contribution in [2.75, 3.05) is 4.90 Å². The zero-order valence-electron chi connectivity index (χ0n) is 10.3. The van der Waals surface area contributed by atoms with E-state index < -0.39 is 0 Å². The topological polar surface area (TPSA) is 3.24 Å². The predicted molar refractivity (Wildman–Crippen MR) is 72.3 cm³/mol. The van der Waals surface area contributed by atoms with E-state index in [0.29, 0.717) is 0 Å². The van der Waals surface area contributed by atoms with Gasteiger partial charge < -0.3 is 4.90 Å². The molecule has 1 aromatic carbocycles. The molecule has 1 rings (SSSR count). The fourth-order valence-corrected chi connectivity index (χ4v) is 1.57. The van der Waals surface area contributed by atoms with Crippen LogP contribution in [0, 0.1) is 0 Å². The highest BCUT2D eigenvalue weighted by atomic mass is 15.1. The normalized spacial score (nSPS) is 11.8. The van der Waals surface area contributed by atoms with Crippen molar-refractivity contribution >= 4 is 5.69 Å². The number of anilines is 1. The van der Waals surface area contributed by atoms with E-state index in [-0.39, 0.29) is 0 Å². The van der Waals surface area contributed by atoms with Crippen molar-refractivity contribution in [3.05, 3.63) is 66.5 Å². The van der Waals surface area contributed by atoms with E-state index in [9.17, 15) is 0 Å². The molecule has 0 atom stereocenters. The second-order valence-corrected chi connectivity index (χ2v) is 3.59. The molecule has 0 saturated heterocycles. The van der Waals surface area contributed by atoms with E-state index in [4.69, 9.17) is 0 Å². The molecule has 0 heterocycles. The molecular weight excluding hydrogens is 194 g/mol. The average Bonchev–Trinajstić information content (AvgIpc) is 2.31. The van der Waals surface area contributed by atoms with Crippen LogP contribution in [0.15, 0.2) is 66.5 Å². The first-order valence-electron chi connectivity index (χ1n) is 5.50. The summed E-state index contributed by atoms with van der Waals surface area (Å²) in [4.78, 5) is 2.14. The van der Waals surface area contributed by atoms with E-state index in [1.54, 1.807) is 0 Å². The summed E-state index contributed by atoms with van der Waals surface area (Å²) in [6.07, 6.45) is 6.10. The Bertz CT molecular complexity index is 399. The summed E-state index contributed by atoms with van der Waals surface area (Å²) in [6.45, 7) is 10.2. The molecule has 1 heteroatoms. The van der Waals surface area contributed by atoms with Gasteiger partial charge in [0, 0.05) is 17.1 Å². The summed E-state index contributed by atoms with van der Waals surface area (Å²) >= 11 is 0. The minimum Gasteiger partial charge on any atom is -0.315 e. The maximum atomic E-state index is 4.09. The Kier molecular flexibility index (Phi) is 4.59. The fourth-order valence-electron chi connectivity index (χ4n) is 1.57. The van der Waals surface area contributed by atoms with Crippen LogP contribution in [-0.4, -0.2) is 0 Å². The first-order valence-corrected chi connectivity index (χ1v) is 5.50. The van der Waals surface area contributed by atoms with Crippen LogP contribution in [-0.2, 0) is 0 Å².